The van der Waals surface area contributed by atoms with Gasteiger partial charge in [0.1, 0.15) is 5.75 Å². The summed E-state index contributed by atoms with van der Waals surface area (Å²) in [7, 11) is 0. The summed E-state index contributed by atoms with van der Waals surface area (Å²) in [6.45, 7) is 1.60. The van der Waals surface area contributed by atoms with Crippen LogP contribution in [-0.2, 0) is 22.5 Å². The van der Waals surface area contributed by atoms with E-state index < -0.39 is 5.97 Å². The van der Waals surface area contributed by atoms with E-state index in [2.05, 4.69) is 22.3 Å². The number of aromatic nitrogens is 1. The molecule has 1 unspecified atom stereocenters. The van der Waals surface area contributed by atoms with Crippen molar-refractivity contribution in [2.45, 2.75) is 32.3 Å². The van der Waals surface area contributed by atoms with Gasteiger partial charge in [-0.15, -0.1) is 0 Å². The first-order valence-electron chi connectivity index (χ1n) is 10.9. The Kier molecular flexibility index (Phi) is 7.15. The molecular formula is C27H26N2O4. The van der Waals surface area contributed by atoms with Gasteiger partial charge in [0.15, 0.2) is 12.7 Å². The van der Waals surface area contributed by atoms with E-state index >= 15 is 0 Å². The van der Waals surface area contributed by atoms with Crippen molar-refractivity contribution in [3.8, 4) is 5.75 Å². The van der Waals surface area contributed by atoms with Crippen LogP contribution in [0.2, 0.25) is 0 Å². The molecule has 1 heterocycles. The summed E-state index contributed by atoms with van der Waals surface area (Å²) in [5, 5.41) is 13.3. The van der Waals surface area contributed by atoms with Crippen molar-refractivity contribution in [1.82, 2.24) is 4.98 Å². The van der Waals surface area contributed by atoms with Crippen molar-refractivity contribution in [3.05, 3.63) is 107 Å². The van der Waals surface area contributed by atoms with Crippen LogP contribution in [-0.4, -0.2) is 28.4 Å². The van der Waals surface area contributed by atoms with Gasteiger partial charge >= 0.3 is 5.97 Å². The summed E-state index contributed by atoms with van der Waals surface area (Å²) < 4.78 is 5.46. The SMILES string of the molecule is CC(C=C1CCc2c(cccc2OCC(=O)O)C1)=NOC(c1ccccc1)c1ccncc1. The molecule has 0 saturated heterocycles. The predicted octanol–water partition coefficient (Wildman–Crippen LogP) is 5.14. The van der Waals surface area contributed by atoms with E-state index in [4.69, 9.17) is 14.7 Å². The highest BCUT2D eigenvalue weighted by Crippen LogP contribution is 2.32. The highest BCUT2D eigenvalue weighted by Gasteiger charge is 2.18. The molecule has 0 bridgehead atoms. The van der Waals surface area contributed by atoms with Crippen molar-refractivity contribution in [2.24, 2.45) is 5.16 Å². The molecule has 0 radical (unpaired) electrons. The highest BCUT2D eigenvalue weighted by molar-refractivity contribution is 5.93. The Balaban J connectivity index is 1.49. The normalized spacial score (nSPS) is 15.5. The zero-order chi connectivity index (χ0) is 23.0. The van der Waals surface area contributed by atoms with Crippen LogP contribution in [0, 0.1) is 0 Å². The summed E-state index contributed by atoms with van der Waals surface area (Å²) in [5.41, 5.74) is 6.30. The minimum absolute atomic E-state index is 0.316. The van der Waals surface area contributed by atoms with Crippen LogP contribution in [0.4, 0.5) is 0 Å². The molecule has 168 valence electrons. The topological polar surface area (TPSA) is 81.0 Å². The first kappa shape index (κ1) is 22.3. The van der Waals surface area contributed by atoms with Crippen LogP contribution >= 0.6 is 0 Å². The number of pyridine rings is 1. The van der Waals surface area contributed by atoms with Gasteiger partial charge in [-0.2, -0.15) is 0 Å². The van der Waals surface area contributed by atoms with Crippen LogP contribution in [0.15, 0.2) is 89.9 Å². The van der Waals surface area contributed by atoms with E-state index in [1.165, 1.54) is 5.57 Å². The average Bonchev–Trinajstić information content (AvgIpc) is 2.84. The summed E-state index contributed by atoms with van der Waals surface area (Å²) in [5.74, 6) is -0.317. The van der Waals surface area contributed by atoms with Crippen LogP contribution in [0.3, 0.4) is 0 Å². The fraction of sp³-hybridized carbons (Fsp3) is 0.222. The number of carboxylic acids is 1. The molecule has 1 aromatic heterocycles. The van der Waals surface area contributed by atoms with Gasteiger partial charge in [-0.25, -0.2) is 4.79 Å². The molecule has 0 saturated carbocycles. The minimum atomic E-state index is -0.976. The van der Waals surface area contributed by atoms with Crippen molar-refractivity contribution in [3.63, 3.8) is 0 Å². The van der Waals surface area contributed by atoms with Crippen molar-refractivity contribution < 1.29 is 19.5 Å². The lowest BCUT2D eigenvalue weighted by molar-refractivity contribution is -0.139. The lowest BCUT2D eigenvalue weighted by atomic mass is 9.87. The third-order valence-corrected chi connectivity index (χ3v) is 5.52. The molecule has 3 aromatic rings. The third kappa shape index (κ3) is 5.86. The van der Waals surface area contributed by atoms with Gasteiger partial charge < -0.3 is 14.7 Å². The lowest BCUT2D eigenvalue weighted by Gasteiger charge is -2.21. The molecule has 0 aliphatic heterocycles. The number of rotatable bonds is 8. The molecule has 33 heavy (non-hydrogen) atoms. The van der Waals surface area contributed by atoms with E-state index in [0.717, 1.165) is 47.2 Å². The number of fused-ring (bicyclic) bond motifs is 1. The Morgan fingerprint density at radius 3 is 2.58 bits per heavy atom. The second-order valence-electron chi connectivity index (χ2n) is 7.96. The van der Waals surface area contributed by atoms with Crippen LogP contribution in [0.1, 0.15) is 41.7 Å². The maximum Gasteiger partial charge on any atom is 0.341 e. The molecule has 4 rings (SSSR count). The van der Waals surface area contributed by atoms with Gasteiger partial charge in [-0.3, -0.25) is 4.98 Å². The van der Waals surface area contributed by atoms with E-state index in [0.29, 0.717) is 5.75 Å². The Labute approximate surface area is 193 Å². The number of carbonyl (C=O) groups is 1. The number of nitrogens with zero attached hydrogens (tertiary/aromatic N) is 2. The summed E-state index contributed by atoms with van der Waals surface area (Å²) in [6, 6.07) is 19.7. The summed E-state index contributed by atoms with van der Waals surface area (Å²) >= 11 is 0. The second-order valence-corrected chi connectivity index (χ2v) is 7.96. The monoisotopic (exact) mass is 442 g/mol. The Hall–Kier alpha value is -3.93. The predicted molar refractivity (Wildman–Crippen MR) is 126 cm³/mol. The number of allylic oxidation sites excluding steroid dienone is 2. The molecule has 0 spiro atoms. The van der Waals surface area contributed by atoms with Gasteiger partial charge in [0.2, 0.25) is 0 Å². The quantitative estimate of drug-likeness (QED) is 0.386. The molecule has 2 aromatic carbocycles. The Bertz CT molecular complexity index is 1120. The lowest BCUT2D eigenvalue weighted by Crippen LogP contribution is -2.13. The maximum atomic E-state index is 10.8. The number of benzene rings is 2. The zero-order valence-electron chi connectivity index (χ0n) is 18.5. The van der Waals surface area contributed by atoms with E-state index in [1.807, 2.05) is 61.5 Å². The van der Waals surface area contributed by atoms with Crippen LogP contribution in [0.25, 0.3) is 0 Å². The fourth-order valence-electron chi connectivity index (χ4n) is 4.01. The zero-order valence-corrected chi connectivity index (χ0v) is 18.5. The van der Waals surface area contributed by atoms with Crippen molar-refractivity contribution in [1.29, 1.82) is 0 Å². The molecule has 1 atom stereocenters. The molecular weight excluding hydrogens is 416 g/mol. The van der Waals surface area contributed by atoms with E-state index in [1.54, 1.807) is 12.4 Å². The number of carboxylic acid groups (broad SMARTS) is 1. The molecule has 1 N–H and O–H groups in total. The van der Waals surface area contributed by atoms with E-state index in [9.17, 15) is 4.79 Å². The highest BCUT2D eigenvalue weighted by atomic mass is 16.6. The minimum Gasteiger partial charge on any atom is -0.482 e. The molecule has 0 amide bonds. The average molecular weight is 443 g/mol. The summed E-state index contributed by atoms with van der Waals surface area (Å²) in [6.07, 6.45) is 7.70. The number of hydrogen-bond donors (Lipinski definition) is 1. The first-order valence-corrected chi connectivity index (χ1v) is 10.9. The van der Waals surface area contributed by atoms with Crippen LogP contribution in [0.5, 0.6) is 5.75 Å². The van der Waals surface area contributed by atoms with Crippen molar-refractivity contribution >= 4 is 11.7 Å². The summed E-state index contributed by atoms with van der Waals surface area (Å²) in [4.78, 5) is 20.9. The van der Waals surface area contributed by atoms with Gasteiger partial charge in [0, 0.05) is 18.0 Å². The smallest absolute Gasteiger partial charge is 0.341 e. The third-order valence-electron chi connectivity index (χ3n) is 5.52. The van der Waals surface area contributed by atoms with Crippen molar-refractivity contribution in [2.75, 3.05) is 6.61 Å². The van der Waals surface area contributed by atoms with E-state index in [-0.39, 0.29) is 12.7 Å². The maximum absolute atomic E-state index is 10.8. The van der Waals surface area contributed by atoms with Gasteiger partial charge in [0.05, 0.1) is 5.71 Å². The first-order chi connectivity index (χ1) is 16.1. The Morgan fingerprint density at radius 2 is 1.82 bits per heavy atom. The van der Waals surface area contributed by atoms with Gasteiger partial charge in [-0.1, -0.05) is 53.2 Å². The second kappa shape index (κ2) is 10.6. The number of ether oxygens (including phenoxy) is 1. The van der Waals surface area contributed by atoms with Gasteiger partial charge in [0.25, 0.3) is 0 Å². The number of hydrogen-bond acceptors (Lipinski definition) is 5. The molecule has 6 heteroatoms. The fourth-order valence-corrected chi connectivity index (χ4v) is 4.01. The molecule has 1 aliphatic rings. The standard InChI is InChI=1S/C27H26N2O4/c1-19(29-33-27(21-6-3-2-4-7-21)22-12-14-28-15-13-22)16-20-10-11-24-23(17-20)8-5-9-25(24)32-18-26(30)31/h2-9,12-16,27H,10-11,17-18H2,1H3,(H,30,31). The Morgan fingerprint density at radius 1 is 1.06 bits per heavy atom. The molecule has 1 aliphatic carbocycles. The van der Waals surface area contributed by atoms with Gasteiger partial charge in [-0.05, 0) is 67.2 Å². The van der Waals surface area contributed by atoms with Crippen LogP contribution < -0.4 is 4.74 Å². The number of aliphatic carboxylic acids is 1. The molecule has 0 fully saturated rings. The molecule has 6 nitrogen and oxygen atoms in total. The largest absolute Gasteiger partial charge is 0.482 e. The number of oxime groups is 1.